The summed E-state index contributed by atoms with van der Waals surface area (Å²) in [6.45, 7) is 2.26. The average molecular weight is 382 g/mol. The molecule has 1 unspecified atom stereocenters. The maximum atomic E-state index is 12.4. The zero-order chi connectivity index (χ0) is 18.6. The van der Waals surface area contributed by atoms with Crippen LogP contribution in [0.25, 0.3) is 0 Å². The third kappa shape index (κ3) is 4.92. The van der Waals surface area contributed by atoms with Crippen LogP contribution in [-0.2, 0) is 11.3 Å². The van der Waals surface area contributed by atoms with Gasteiger partial charge in [0.2, 0.25) is 5.91 Å². The Morgan fingerprint density at radius 2 is 1.92 bits per heavy atom. The topological polar surface area (TPSA) is 75.5 Å². The molecule has 0 radical (unpaired) electrons. The van der Waals surface area contributed by atoms with Crippen molar-refractivity contribution in [2.24, 2.45) is 0 Å². The van der Waals surface area contributed by atoms with Crippen LogP contribution in [-0.4, -0.2) is 28.8 Å². The Morgan fingerprint density at radius 3 is 2.52 bits per heavy atom. The van der Waals surface area contributed by atoms with Gasteiger partial charge in [-0.1, -0.05) is 41.4 Å². The molecule has 0 aliphatic carbocycles. The fourth-order valence-corrected chi connectivity index (χ4v) is 2.61. The monoisotopic (exact) mass is 381 g/mol. The summed E-state index contributed by atoms with van der Waals surface area (Å²) in [5.74, 6) is -0.273. The van der Waals surface area contributed by atoms with Crippen LogP contribution in [0.1, 0.15) is 12.5 Å². The van der Waals surface area contributed by atoms with Crippen molar-refractivity contribution in [2.45, 2.75) is 19.5 Å². The molecule has 6 nitrogen and oxygen atoms in total. The Balaban J connectivity index is 2.04. The Kier molecular flexibility index (Phi) is 6.36. The maximum absolute atomic E-state index is 12.4. The Morgan fingerprint density at radius 1 is 1.24 bits per heavy atom. The number of hydrogen-bond acceptors (Lipinski definition) is 4. The molecule has 0 saturated heterocycles. The van der Waals surface area contributed by atoms with E-state index in [0.717, 1.165) is 5.56 Å². The molecular formula is C17H17Cl2N3O3. The van der Waals surface area contributed by atoms with Crippen molar-refractivity contribution in [3.8, 4) is 0 Å². The number of amides is 1. The summed E-state index contributed by atoms with van der Waals surface area (Å²) >= 11 is 12.1. The number of nitro groups is 1. The van der Waals surface area contributed by atoms with Gasteiger partial charge in [0.15, 0.2) is 0 Å². The number of halogens is 2. The molecule has 2 aromatic carbocycles. The highest BCUT2D eigenvalue weighted by molar-refractivity contribution is 6.34. The second-order valence-electron chi connectivity index (χ2n) is 5.59. The summed E-state index contributed by atoms with van der Waals surface area (Å²) in [5.41, 5.74) is 1.11. The fraction of sp³-hybridized carbons (Fsp3) is 0.235. The van der Waals surface area contributed by atoms with Crippen molar-refractivity contribution in [1.29, 1.82) is 0 Å². The minimum atomic E-state index is -0.544. The van der Waals surface area contributed by atoms with Crippen molar-refractivity contribution in [3.63, 3.8) is 0 Å². The molecule has 1 amide bonds. The Bertz CT molecular complexity index is 798. The summed E-state index contributed by atoms with van der Waals surface area (Å²) in [6, 6.07) is 10.9. The Labute approximate surface area is 155 Å². The molecule has 8 heteroatoms. The largest absolute Gasteiger partial charge is 0.323 e. The van der Waals surface area contributed by atoms with Crippen molar-refractivity contribution < 1.29 is 9.72 Å². The van der Waals surface area contributed by atoms with Crippen molar-refractivity contribution in [2.75, 3.05) is 12.4 Å². The van der Waals surface area contributed by atoms with Crippen LogP contribution in [0.4, 0.5) is 11.4 Å². The first-order chi connectivity index (χ1) is 11.8. The number of nitro benzene ring substituents is 1. The minimum absolute atomic E-state index is 0.114. The third-order valence-electron chi connectivity index (χ3n) is 3.84. The molecule has 1 N–H and O–H groups in total. The predicted molar refractivity (Wildman–Crippen MR) is 99.1 cm³/mol. The number of non-ortho nitro benzene ring substituents is 1. The second kappa shape index (κ2) is 8.29. The first-order valence-electron chi connectivity index (χ1n) is 7.48. The van der Waals surface area contributed by atoms with Crippen LogP contribution in [0.15, 0.2) is 42.5 Å². The summed E-state index contributed by atoms with van der Waals surface area (Å²) < 4.78 is 0. The van der Waals surface area contributed by atoms with Gasteiger partial charge in [-0.15, -0.1) is 0 Å². The van der Waals surface area contributed by atoms with E-state index in [1.165, 1.54) is 18.2 Å². The average Bonchev–Trinajstić information content (AvgIpc) is 2.57. The van der Waals surface area contributed by atoms with E-state index in [0.29, 0.717) is 17.3 Å². The molecule has 2 rings (SSSR count). The van der Waals surface area contributed by atoms with E-state index in [9.17, 15) is 14.9 Å². The van der Waals surface area contributed by atoms with Gasteiger partial charge in [0.25, 0.3) is 5.69 Å². The lowest BCUT2D eigenvalue weighted by atomic mass is 10.2. The molecule has 0 aromatic heterocycles. The van der Waals surface area contributed by atoms with Gasteiger partial charge in [-0.3, -0.25) is 19.8 Å². The zero-order valence-corrected chi connectivity index (χ0v) is 15.2. The van der Waals surface area contributed by atoms with Gasteiger partial charge in [0.1, 0.15) is 0 Å². The lowest BCUT2D eigenvalue weighted by Crippen LogP contribution is -2.39. The van der Waals surface area contributed by atoms with Gasteiger partial charge < -0.3 is 5.32 Å². The summed E-state index contributed by atoms with van der Waals surface area (Å²) in [7, 11) is 1.81. The zero-order valence-electron chi connectivity index (χ0n) is 13.7. The van der Waals surface area contributed by atoms with Gasteiger partial charge in [-0.25, -0.2) is 0 Å². The lowest BCUT2D eigenvalue weighted by molar-refractivity contribution is -0.384. The van der Waals surface area contributed by atoms with Crippen molar-refractivity contribution in [1.82, 2.24) is 4.90 Å². The highest BCUT2D eigenvalue weighted by Gasteiger charge is 2.20. The standard InChI is InChI=1S/C17H17Cl2N3O3/c1-11(21(2)10-12-5-3-4-6-14(12)18)17(23)20-16-8-7-13(22(24)25)9-15(16)19/h3-9,11H,10H2,1-2H3,(H,20,23). The highest BCUT2D eigenvalue weighted by Crippen LogP contribution is 2.27. The number of nitrogens with zero attached hydrogens (tertiary/aromatic N) is 2. The molecule has 1 atom stereocenters. The van der Waals surface area contributed by atoms with E-state index in [1.807, 2.05) is 30.1 Å². The van der Waals surface area contributed by atoms with Gasteiger partial charge in [0, 0.05) is 23.7 Å². The summed E-state index contributed by atoms with van der Waals surface area (Å²) in [6.07, 6.45) is 0. The van der Waals surface area contributed by atoms with Crippen molar-refractivity contribution in [3.05, 3.63) is 68.2 Å². The van der Waals surface area contributed by atoms with E-state index in [-0.39, 0.29) is 16.6 Å². The SMILES string of the molecule is CC(C(=O)Nc1ccc([N+](=O)[O-])cc1Cl)N(C)Cc1ccccc1Cl. The number of anilines is 1. The highest BCUT2D eigenvalue weighted by atomic mass is 35.5. The van der Waals surface area contributed by atoms with E-state index >= 15 is 0 Å². The lowest BCUT2D eigenvalue weighted by Gasteiger charge is -2.24. The van der Waals surface area contributed by atoms with Crippen molar-refractivity contribution >= 4 is 40.5 Å². The number of likely N-dealkylation sites (N-methyl/N-ethyl adjacent to an activating group) is 1. The second-order valence-corrected chi connectivity index (χ2v) is 6.41. The molecule has 0 aliphatic heterocycles. The molecule has 0 aliphatic rings. The molecule has 132 valence electrons. The first kappa shape index (κ1) is 19.2. The minimum Gasteiger partial charge on any atom is -0.323 e. The quantitative estimate of drug-likeness (QED) is 0.595. The van der Waals surface area contributed by atoms with Crippen LogP contribution in [0.2, 0.25) is 10.0 Å². The van der Waals surface area contributed by atoms with Gasteiger partial charge in [0.05, 0.1) is 21.7 Å². The van der Waals surface area contributed by atoms with Crippen LogP contribution >= 0.6 is 23.2 Å². The first-order valence-corrected chi connectivity index (χ1v) is 8.23. The number of carbonyl (C=O) groups is 1. The van der Waals surface area contributed by atoms with Crippen LogP contribution < -0.4 is 5.32 Å². The van der Waals surface area contributed by atoms with Crippen LogP contribution in [0.3, 0.4) is 0 Å². The molecule has 2 aromatic rings. The fourth-order valence-electron chi connectivity index (χ4n) is 2.19. The van der Waals surface area contributed by atoms with Gasteiger partial charge in [-0.2, -0.15) is 0 Å². The maximum Gasteiger partial charge on any atom is 0.271 e. The summed E-state index contributed by atoms with van der Waals surface area (Å²) in [4.78, 5) is 24.4. The number of benzene rings is 2. The van der Waals surface area contributed by atoms with Gasteiger partial charge >= 0.3 is 0 Å². The van der Waals surface area contributed by atoms with Crippen LogP contribution in [0.5, 0.6) is 0 Å². The molecular weight excluding hydrogens is 365 g/mol. The van der Waals surface area contributed by atoms with E-state index in [2.05, 4.69) is 5.32 Å². The Hall–Kier alpha value is -2.15. The number of rotatable bonds is 6. The molecule has 0 fully saturated rings. The van der Waals surface area contributed by atoms with Gasteiger partial charge in [-0.05, 0) is 31.7 Å². The number of hydrogen-bond donors (Lipinski definition) is 1. The molecule has 0 bridgehead atoms. The van der Waals surface area contributed by atoms with E-state index < -0.39 is 11.0 Å². The molecule has 0 spiro atoms. The molecule has 25 heavy (non-hydrogen) atoms. The van der Waals surface area contributed by atoms with E-state index in [4.69, 9.17) is 23.2 Å². The predicted octanol–water partition coefficient (Wildman–Crippen LogP) is 4.36. The van der Waals surface area contributed by atoms with E-state index in [1.54, 1.807) is 13.0 Å². The number of carbonyl (C=O) groups excluding carboxylic acids is 1. The number of nitrogens with one attached hydrogen (secondary N) is 1. The van der Waals surface area contributed by atoms with Crippen LogP contribution in [0, 0.1) is 10.1 Å². The molecule has 0 heterocycles. The summed E-state index contributed by atoms with van der Waals surface area (Å²) in [5, 5.41) is 14.2. The molecule has 0 saturated carbocycles. The third-order valence-corrected chi connectivity index (χ3v) is 4.52. The normalized spacial score (nSPS) is 12.0. The smallest absolute Gasteiger partial charge is 0.271 e.